The Morgan fingerprint density at radius 1 is 1.08 bits per heavy atom. The predicted molar refractivity (Wildman–Crippen MR) is 105 cm³/mol. The van der Waals surface area contributed by atoms with Gasteiger partial charge >= 0.3 is 0 Å². The second-order valence-corrected chi connectivity index (χ2v) is 6.94. The Kier molecular flexibility index (Phi) is 5.81. The summed E-state index contributed by atoms with van der Waals surface area (Å²) in [5.41, 5.74) is 2.47. The van der Waals surface area contributed by atoms with Gasteiger partial charge in [0.15, 0.2) is 5.82 Å². The largest absolute Gasteiger partial charge is 0.374 e. The first-order chi connectivity index (χ1) is 12.5. The van der Waals surface area contributed by atoms with Crippen LogP contribution in [0.2, 0.25) is 5.02 Å². The van der Waals surface area contributed by atoms with Crippen LogP contribution in [0, 0.1) is 5.92 Å². The van der Waals surface area contributed by atoms with Gasteiger partial charge in [-0.2, -0.15) is 0 Å². The first-order valence-corrected chi connectivity index (χ1v) is 8.89. The molecule has 0 aliphatic carbocycles. The molecule has 3 aromatic rings. The second-order valence-electron chi connectivity index (χ2n) is 6.50. The smallest absolute Gasteiger partial charge is 0.163 e. The Hall–Kier alpha value is -2.50. The Morgan fingerprint density at radius 3 is 2.50 bits per heavy atom. The van der Waals surface area contributed by atoms with Gasteiger partial charge in [0.05, 0.1) is 5.69 Å². The maximum absolute atomic E-state index is 10.2. The minimum absolute atomic E-state index is 0.368. The van der Waals surface area contributed by atoms with Crippen LogP contribution >= 0.6 is 11.6 Å². The molecule has 6 heteroatoms. The highest BCUT2D eigenvalue weighted by Crippen LogP contribution is 2.25. The van der Waals surface area contributed by atoms with Crippen molar-refractivity contribution < 1.29 is 5.11 Å². The summed E-state index contributed by atoms with van der Waals surface area (Å²) in [4.78, 5) is 13.3. The lowest BCUT2D eigenvalue weighted by molar-refractivity contribution is 0.176. The van der Waals surface area contributed by atoms with E-state index in [0.717, 1.165) is 16.8 Å². The molecule has 134 valence electrons. The van der Waals surface area contributed by atoms with Gasteiger partial charge in [-0.15, -0.1) is 0 Å². The lowest BCUT2D eigenvalue weighted by Crippen LogP contribution is -2.21. The van der Waals surface area contributed by atoms with Crippen LogP contribution in [-0.4, -0.2) is 26.3 Å². The van der Waals surface area contributed by atoms with Crippen LogP contribution in [0.15, 0.2) is 54.9 Å². The number of hydrogen-bond acceptors (Lipinski definition) is 5. The fourth-order valence-corrected chi connectivity index (χ4v) is 2.72. The molecule has 0 amide bonds. The quantitative estimate of drug-likeness (QED) is 0.620. The van der Waals surface area contributed by atoms with E-state index in [9.17, 15) is 5.11 Å². The van der Waals surface area contributed by atoms with Crippen LogP contribution in [-0.2, 0) is 0 Å². The summed E-state index contributed by atoms with van der Waals surface area (Å²) in [6.07, 6.45) is 3.38. The second kappa shape index (κ2) is 8.25. The van der Waals surface area contributed by atoms with Crippen molar-refractivity contribution in [2.75, 3.05) is 5.32 Å². The number of pyridine rings is 1. The molecule has 2 heterocycles. The third-order valence-corrected chi connectivity index (χ3v) is 4.05. The molecule has 1 unspecified atom stereocenters. The standard InChI is InChI=1S/C20H21ClN4O/c1-13(2)10-19(26)24-18-11-17(14-5-7-16(21)8-6-14)23-20(25-18)15-4-3-9-22-12-15/h3-9,11-13,19,26H,10H2,1-2H3,(H,23,24,25). The minimum Gasteiger partial charge on any atom is -0.374 e. The van der Waals surface area contributed by atoms with E-state index in [-0.39, 0.29) is 0 Å². The van der Waals surface area contributed by atoms with Gasteiger partial charge in [-0.1, -0.05) is 37.6 Å². The van der Waals surface area contributed by atoms with Gasteiger partial charge < -0.3 is 10.4 Å². The number of rotatable bonds is 6. The highest BCUT2D eigenvalue weighted by atomic mass is 35.5. The molecule has 2 aromatic heterocycles. The molecule has 0 spiro atoms. The van der Waals surface area contributed by atoms with E-state index in [1.807, 2.05) is 42.5 Å². The van der Waals surface area contributed by atoms with Crippen LogP contribution in [0.25, 0.3) is 22.6 Å². The van der Waals surface area contributed by atoms with Gasteiger partial charge in [-0.05, 0) is 36.6 Å². The lowest BCUT2D eigenvalue weighted by atomic mass is 10.1. The molecule has 0 bridgehead atoms. The lowest BCUT2D eigenvalue weighted by Gasteiger charge is -2.16. The zero-order chi connectivity index (χ0) is 18.5. The predicted octanol–water partition coefficient (Wildman–Crippen LogP) is 4.64. The fraction of sp³-hybridized carbons (Fsp3) is 0.250. The fourth-order valence-electron chi connectivity index (χ4n) is 2.59. The Bertz CT molecular complexity index is 853. The molecule has 5 nitrogen and oxygen atoms in total. The van der Waals surface area contributed by atoms with E-state index >= 15 is 0 Å². The number of aromatic nitrogens is 3. The van der Waals surface area contributed by atoms with Crippen molar-refractivity contribution >= 4 is 17.4 Å². The molecule has 3 rings (SSSR count). The van der Waals surface area contributed by atoms with Crippen LogP contribution in [0.3, 0.4) is 0 Å². The van der Waals surface area contributed by atoms with Crippen LogP contribution < -0.4 is 5.32 Å². The number of nitrogens with zero attached hydrogens (tertiary/aromatic N) is 3. The van der Waals surface area contributed by atoms with Crippen LogP contribution in [0.4, 0.5) is 5.82 Å². The molecule has 26 heavy (non-hydrogen) atoms. The van der Waals surface area contributed by atoms with Crippen LogP contribution in [0.5, 0.6) is 0 Å². The van der Waals surface area contributed by atoms with Crippen LogP contribution in [0.1, 0.15) is 20.3 Å². The van der Waals surface area contributed by atoms with Crippen molar-refractivity contribution in [3.63, 3.8) is 0 Å². The van der Waals surface area contributed by atoms with Crippen molar-refractivity contribution in [1.82, 2.24) is 15.0 Å². The van der Waals surface area contributed by atoms with Crippen molar-refractivity contribution in [2.45, 2.75) is 26.5 Å². The molecule has 0 radical (unpaired) electrons. The topological polar surface area (TPSA) is 70.9 Å². The molecule has 1 atom stereocenters. The Labute approximate surface area is 158 Å². The molecule has 2 N–H and O–H groups in total. The van der Waals surface area contributed by atoms with Crippen molar-refractivity contribution in [3.05, 3.63) is 59.9 Å². The summed E-state index contributed by atoms with van der Waals surface area (Å²) in [6, 6.07) is 13.0. The number of nitrogens with one attached hydrogen (secondary N) is 1. The number of halogens is 1. The van der Waals surface area contributed by atoms with Crippen molar-refractivity contribution in [1.29, 1.82) is 0 Å². The number of anilines is 1. The van der Waals surface area contributed by atoms with E-state index in [0.29, 0.717) is 29.0 Å². The SMILES string of the molecule is CC(C)CC(O)Nc1cc(-c2ccc(Cl)cc2)nc(-c2cccnc2)n1. The number of hydrogen-bond donors (Lipinski definition) is 2. The van der Waals surface area contributed by atoms with E-state index in [1.165, 1.54) is 0 Å². The normalized spacial score (nSPS) is 12.2. The average Bonchev–Trinajstić information content (AvgIpc) is 2.62. The summed E-state index contributed by atoms with van der Waals surface area (Å²) >= 11 is 5.99. The maximum atomic E-state index is 10.2. The van der Waals surface area contributed by atoms with E-state index in [2.05, 4.69) is 34.1 Å². The first-order valence-electron chi connectivity index (χ1n) is 8.51. The molecular weight excluding hydrogens is 348 g/mol. The van der Waals surface area contributed by atoms with E-state index in [4.69, 9.17) is 11.6 Å². The van der Waals surface area contributed by atoms with Gasteiger partial charge in [0, 0.05) is 34.6 Å². The molecule has 0 saturated heterocycles. The highest BCUT2D eigenvalue weighted by Gasteiger charge is 2.12. The molecule has 0 fully saturated rings. The summed E-state index contributed by atoms with van der Waals surface area (Å²) in [5.74, 6) is 1.48. The van der Waals surface area contributed by atoms with Gasteiger partial charge in [0.25, 0.3) is 0 Å². The zero-order valence-electron chi connectivity index (χ0n) is 14.7. The molecular formula is C20H21ClN4O. The molecule has 0 saturated carbocycles. The highest BCUT2D eigenvalue weighted by molar-refractivity contribution is 6.30. The number of aliphatic hydroxyl groups excluding tert-OH is 1. The van der Waals surface area contributed by atoms with Gasteiger partial charge in [-0.3, -0.25) is 4.98 Å². The third-order valence-electron chi connectivity index (χ3n) is 3.80. The summed E-state index contributed by atoms with van der Waals surface area (Å²) in [6.45, 7) is 4.12. The molecule has 0 aliphatic heterocycles. The Morgan fingerprint density at radius 2 is 1.85 bits per heavy atom. The summed E-state index contributed by atoms with van der Waals surface area (Å²) < 4.78 is 0. The molecule has 0 aliphatic rings. The summed E-state index contributed by atoms with van der Waals surface area (Å²) in [7, 11) is 0. The average molecular weight is 369 g/mol. The van der Waals surface area contributed by atoms with E-state index in [1.54, 1.807) is 12.4 Å². The van der Waals surface area contributed by atoms with Crippen molar-refractivity contribution in [3.8, 4) is 22.6 Å². The molecule has 1 aromatic carbocycles. The van der Waals surface area contributed by atoms with Gasteiger partial charge in [0.1, 0.15) is 12.0 Å². The minimum atomic E-state index is -0.676. The van der Waals surface area contributed by atoms with E-state index < -0.39 is 6.23 Å². The van der Waals surface area contributed by atoms with Gasteiger partial charge in [0.2, 0.25) is 0 Å². The number of aliphatic hydroxyl groups is 1. The van der Waals surface area contributed by atoms with Gasteiger partial charge in [-0.25, -0.2) is 9.97 Å². The summed E-state index contributed by atoms with van der Waals surface area (Å²) in [5, 5.41) is 14.0. The monoisotopic (exact) mass is 368 g/mol. The van der Waals surface area contributed by atoms with Crippen molar-refractivity contribution in [2.24, 2.45) is 5.92 Å². The zero-order valence-corrected chi connectivity index (χ0v) is 15.5. The first kappa shape index (κ1) is 18.3. The Balaban J connectivity index is 2.00. The third kappa shape index (κ3) is 4.77. The maximum Gasteiger partial charge on any atom is 0.163 e. The number of benzene rings is 1.